The van der Waals surface area contributed by atoms with E-state index in [-0.39, 0.29) is 12.1 Å². The van der Waals surface area contributed by atoms with Gasteiger partial charge in [-0.1, -0.05) is 23.2 Å². The molecule has 0 saturated heterocycles. The van der Waals surface area contributed by atoms with Crippen LogP contribution in [0.3, 0.4) is 0 Å². The normalized spacial score (nSPS) is 13.0. The van der Waals surface area contributed by atoms with Crippen LogP contribution in [0.25, 0.3) is 0 Å². The number of aromatic nitrogens is 2. The van der Waals surface area contributed by atoms with Crippen LogP contribution in [0.1, 0.15) is 37.2 Å². The molecular weight excluding hydrogens is 269 g/mol. The lowest BCUT2D eigenvalue weighted by atomic mass is 10.0. The van der Waals surface area contributed by atoms with E-state index in [1.807, 2.05) is 10.7 Å². The highest BCUT2D eigenvalue weighted by Gasteiger charge is 2.18. The zero-order chi connectivity index (χ0) is 13.3. The minimum Gasteiger partial charge on any atom is -0.319 e. The molecule has 5 heteroatoms. The summed E-state index contributed by atoms with van der Waals surface area (Å²) in [5, 5.41) is 5.51. The van der Waals surface area contributed by atoms with Crippen molar-refractivity contribution in [2.75, 3.05) is 0 Å². The van der Waals surface area contributed by atoms with Crippen LogP contribution < -0.4 is 5.73 Å². The maximum absolute atomic E-state index is 6.27. The van der Waals surface area contributed by atoms with Crippen LogP contribution in [-0.2, 0) is 0 Å². The highest BCUT2D eigenvalue weighted by atomic mass is 35.5. The molecule has 18 heavy (non-hydrogen) atoms. The molecule has 96 valence electrons. The molecule has 0 aliphatic rings. The number of nitrogens with two attached hydrogens (primary N) is 1. The Morgan fingerprint density at radius 2 is 1.94 bits per heavy atom. The molecule has 1 atom stereocenters. The first-order valence-electron chi connectivity index (χ1n) is 5.74. The Balaban J connectivity index is 2.44. The van der Waals surface area contributed by atoms with Crippen LogP contribution in [-0.4, -0.2) is 9.78 Å². The molecule has 0 aliphatic heterocycles. The van der Waals surface area contributed by atoms with Gasteiger partial charge in [0.1, 0.15) is 0 Å². The van der Waals surface area contributed by atoms with E-state index in [9.17, 15) is 0 Å². The van der Waals surface area contributed by atoms with E-state index in [1.165, 1.54) is 0 Å². The minimum atomic E-state index is -0.332. The molecule has 1 aromatic heterocycles. The zero-order valence-electron chi connectivity index (χ0n) is 10.3. The van der Waals surface area contributed by atoms with Crippen LogP contribution in [0, 0.1) is 0 Å². The molecule has 2 rings (SSSR count). The summed E-state index contributed by atoms with van der Waals surface area (Å²) < 4.78 is 1.89. The second-order valence-electron chi connectivity index (χ2n) is 4.44. The van der Waals surface area contributed by atoms with Crippen LogP contribution in [0.2, 0.25) is 10.0 Å². The van der Waals surface area contributed by atoms with E-state index < -0.39 is 0 Å². The number of rotatable bonds is 3. The summed E-state index contributed by atoms with van der Waals surface area (Å²) in [7, 11) is 0. The molecule has 1 unspecified atom stereocenters. The Morgan fingerprint density at radius 3 is 2.61 bits per heavy atom. The van der Waals surface area contributed by atoms with Gasteiger partial charge in [-0.05, 0) is 43.7 Å². The molecule has 1 heterocycles. The van der Waals surface area contributed by atoms with E-state index in [0.29, 0.717) is 10.0 Å². The van der Waals surface area contributed by atoms with E-state index >= 15 is 0 Å². The van der Waals surface area contributed by atoms with Gasteiger partial charge in [0.15, 0.2) is 0 Å². The molecule has 0 aliphatic carbocycles. The number of halogens is 2. The van der Waals surface area contributed by atoms with Crippen molar-refractivity contribution in [1.29, 1.82) is 0 Å². The average Bonchev–Trinajstić information content (AvgIpc) is 2.80. The van der Waals surface area contributed by atoms with Crippen molar-refractivity contribution < 1.29 is 0 Å². The molecule has 0 bridgehead atoms. The van der Waals surface area contributed by atoms with Gasteiger partial charge in [-0.3, -0.25) is 4.68 Å². The van der Waals surface area contributed by atoms with E-state index in [0.717, 1.165) is 11.3 Å². The predicted molar refractivity (Wildman–Crippen MR) is 75.1 cm³/mol. The van der Waals surface area contributed by atoms with Gasteiger partial charge in [-0.25, -0.2) is 0 Å². The molecular formula is C13H15Cl2N3. The molecule has 1 aromatic carbocycles. The minimum absolute atomic E-state index is 0.249. The highest BCUT2D eigenvalue weighted by Crippen LogP contribution is 2.29. The molecule has 2 N–H and O–H groups in total. The maximum atomic E-state index is 6.27. The third-order valence-corrected chi connectivity index (χ3v) is 3.38. The van der Waals surface area contributed by atoms with Gasteiger partial charge in [0.2, 0.25) is 0 Å². The van der Waals surface area contributed by atoms with Gasteiger partial charge in [0, 0.05) is 22.3 Å². The van der Waals surface area contributed by atoms with Gasteiger partial charge in [-0.2, -0.15) is 5.10 Å². The summed E-state index contributed by atoms with van der Waals surface area (Å²) in [4.78, 5) is 0. The quantitative estimate of drug-likeness (QED) is 0.931. The molecule has 0 amide bonds. The molecule has 3 nitrogen and oxygen atoms in total. The molecule has 0 fully saturated rings. The summed E-state index contributed by atoms with van der Waals surface area (Å²) in [6.45, 7) is 4.12. The lowest BCUT2D eigenvalue weighted by Gasteiger charge is -2.18. The second kappa shape index (κ2) is 5.31. The van der Waals surface area contributed by atoms with Crippen LogP contribution in [0.4, 0.5) is 0 Å². The topological polar surface area (TPSA) is 43.8 Å². The third-order valence-electron chi connectivity index (χ3n) is 2.80. The van der Waals surface area contributed by atoms with Gasteiger partial charge >= 0.3 is 0 Å². The fourth-order valence-corrected chi connectivity index (χ4v) is 2.33. The summed E-state index contributed by atoms with van der Waals surface area (Å²) >= 11 is 12.2. The number of hydrogen-bond acceptors (Lipinski definition) is 2. The summed E-state index contributed by atoms with van der Waals surface area (Å²) in [6.07, 6.45) is 1.74. The second-order valence-corrected chi connectivity index (χ2v) is 5.28. The SMILES string of the molecule is CC(C)n1nccc1C(N)c1cc(Cl)ccc1Cl. The van der Waals surface area contributed by atoms with E-state index in [2.05, 4.69) is 18.9 Å². The maximum Gasteiger partial charge on any atom is 0.0738 e. The van der Waals surface area contributed by atoms with Crippen LogP contribution in [0.15, 0.2) is 30.5 Å². The number of hydrogen-bond donors (Lipinski definition) is 1. The Kier molecular flexibility index (Phi) is 3.95. The highest BCUT2D eigenvalue weighted by molar-refractivity contribution is 6.33. The van der Waals surface area contributed by atoms with Gasteiger partial charge < -0.3 is 5.73 Å². The van der Waals surface area contributed by atoms with Crippen molar-refractivity contribution in [3.8, 4) is 0 Å². The smallest absolute Gasteiger partial charge is 0.0738 e. The first-order valence-corrected chi connectivity index (χ1v) is 6.50. The Labute approximate surface area is 117 Å². The number of nitrogens with zero attached hydrogens (tertiary/aromatic N) is 2. The number of benzene rings is 1. The van der Waals surface area contributed by atoms with Gasteiger partial charge in [0.05, 0.1) is 11.7 Å². The van der Waals surface area contributed by atoms with E-state index in [1.54, 1.807) is 24.4 Å². The van der Waals surface area contributed by atoms with Crippen LogP contribution >= 0.6 is 23.2 Å². The summed E-state index contributed by atoms with van der Waals surface area (Å²) in [5.74, 6) is 0. The van der Waals surface area contributed by atoms with Crippen molar-refractivity contribution in [2.45, 2.75) is 25.9 Å². The Bertz CT molecular complexity index is 549. The van der Waals surface area contributed by atoms with Crippen molar-refractivity contribution in [3.63, 3.8) is 0 Å². The van der Waals surface area contributed by atoms with Crippen LogP contribution in [0.5, 0.6) is 0 Å². The monoisotopic (exact) mass is 283 g/mol. The van der Waals surface area contributed by atoms with Crippen molar-refractivity contribution >= 4 is 23.2 Å². The zero-order valence-corrected chi connectivity index (χ0v) is 11.8. The molecule has 2 aromatic rings. The molecule has 0 radical (unpaired) electrons. The fourth-order valence-electron chi connectivity index (χ4n) is 1.91. The first-order chi connectivity index (χ1) is 8.50. The predicted octanol–water partition coefficient (Wildman–Crippen LogP) is 3.82. The van der Waals surface area contributed by atoms with Crippen molar-refractivity contribution in [2.24, 2.45) is 5.73 Å². The average molecular weight is 284 g/mol. The lowest BCUT2D eigenvalue weighted by molar-refractivity contribution is 0.499. The molecule has 0 spiro atoms. The summed E-state index contributed by atoms with van der Waals surface area (Å²) in [5.41, 5.74) is 8.00. The fraction of sp³-hybridized carbons (Fsp3) is 0.308. The summed E-state index contributed by atoms with van der Waals surface area (Å²) in [6, 6.07) is 7.13. The first kappa shape index (κ1) is 13.4. The molecule has 0 saturated carbocycles. The standard InChI is InChI=1S/C13H15Cl2N3/c1-8(2)18-12(5-6-17-18)13(16)10-7-9(14)3-4-11(10)15/h3-8,13H,16H2,1-2H3. The van der Waals surface area contributed by atoms with Gasteiger partial charge in [0.25, 0.3) is 0 Å². The van der Waals surface area contributed by atoms with E-state index in [4.69, 9.17) is 28.9 Å². The van der Waals surface area contributed by atoms with Gasteiger partial charge in [-0.15, -0.1) is 0 Å². The third kappa shape index (κ3) is 2.53. The van der Waals surface area contributed by atoms with Crippen molar-refractivity contribution in [1.82, 2.24) is 9.78 Å². The Hall–Kier alpha value is -1.03. The Morgan fingerprint density at radius 1 is 1.22 bits per heavy atom. The van der Waals surface area contributed by atoms with Crippen molar-refractivity contribution in [3.05, 3.63) is 51.8 Å². The lowest BCUT2D eigenvalue weighted by Crippen LogP contribution is -2.19. The largest absolute Gasteiger partial charge is 0.319 e.